The van der Waals surface area contributed by atoms with E-state index in [2.05, 4.69) is 21.2 Å². The summed E-state index contributed by atoms with van der Waals surface area (Å²) in [5, 5.41) is 3.84. The third kappa shape index (κ3) is 3.00. The summed E-state index contributed by atoms with van der Waals surface area (Å²) in [4.78, 5) is 11.3. The Bertz CT molecular complexity index is 692. The molecular weight excluding hydrogens is 365 g/mol. The molecular formula is C13H10BrCl2N3O. The number of nitrogen functional groups attached to an aromatic ring is 1. The van der Waals surface area contributed by atoms with Crippen molar-refractivity contribution in [2.75, 3.05) is 11.1 Å². The molecule has 0 radical (unpaired) electrons. The molecule has 0 bridgehead atoms. The third-order valence-corrected chi connectivity index (χ3v) is 4.40. The highest BCUT2D eigenvalue weighted by Crippen LogP contribution is 2.37. The summed E-state index contributed by atoms with van der Waals surface area (Å²) in [6, 6.07) is 8.40. The first kappa shape index (κ1) is 15.0. The van der Waals surface area contributed by atoms with Crippen molar-refractivity contribution in [3.63, 3.8) is 0 Å². The highest BCUT2D eigenvalue weighted by atomic mass is 79.9. The number of primary amides is 1. The van der Waals surface area contributed by atoms with Gasteiger partial charge in [-0.3, -0.25) is 4.79 Å². The van der Waals surface area contributed by atoms with Crippen molar-refractivity contribution in [2.24, 2.45) is 5.73 Å². The van der Waals surface area contributed by atoms with Gasteiger partial charge in [-0.2, -0.15) is 0 Å². The monoisotopic (exact) mass is 373 g/mol. The Kier molecular flexibility index (Phi) is 4.42. The number of anilines is 3. The Morgan fingerprint density at radius 1 is 1.15 bits per heavy atom. The maximum absolute atomic E-state index is 11.3. The number of benzene rings is 2. The first-order chi connectivity index (χ1) is 9.40. The Hall–Kier alpha value is -1.43. The molecule has 20 heavy (non-hydrogen) atoms. The van der Waals surface area contributed by atoms with Crippen LogP contribution in [0.3, 0.4) is 0 Å². The number of nitrogens with two attached hydrogens (primary N) is 2. The van der Waals surface area contributed by atoms with Gasteiger partial charge in [0.05, 0.1) is 21.3 Å². The molecule has 0 saturated heterocycles. The first-order valence-corrected chi connectivity index (χ1v) is 7.05. The van der Waals surface area contributed by atoms with Crippen molar-refractivity contribution in [2.45, 2.75) is 0 Å². The average molecular weight is 375 g/mol. The molecule has 2 aromatic carbocycles. The minimum absolute atomic E-state index is 0.245. The summed E-state index contributed by atoms with van der Waals surface area (Å²) >= 11 is 15.5. The van der Waals surface area contributed by atoms with Crippen LogP contribution in [0.15, 0.2) is 34.8 Å². The normalized spacial score (nSPS) is 10.3. The number of hydrogen-bond acceptors (Lipinski definition) is 3. The number of rotatable bonds is 3. The number of halogens is 3. The zero-order valence-electron chi connectivity index (χ0n) is 10.1. The van der Waals surface area contributed by atoms with Crippen LogP contribution >= 0.6 is 39.1 Å². The third-order valence-electron chi connectivity index (χ3n) is 2.63. The van der Waals surface area contributed by atoms with Gasteiger partial charge in [0.1, 0.15) is 0 Å². The Morgan fingerprint density at radius 3 is 2.50 bits per heavy atom. The molecule has 0 atom stereocenters. The van der Waals surface area contributed by atoms with Crippen LogP contribution in [0.2, 0.25) is 10.0 Å². The summed E-state index contributed by atoms with van der Waals surface area (Å²) in [5.41, 5.74) is 12.7. The Balaban J connectivity index is 2.38. The molecule has 2 aromatic rings. The number of carbonyl (C=O) groups excluding carboxylic acids is 1. The van der Waals surface area contributed by atoms with Crippen LogP contribution in [0, 0.1) is 0 Å². The minimum atomic E-state index is -0.592. The fourth-order valence-electron chi connectivity index (χ4n) is 1.63. The number of nitrogens with one attached hydrogen (secondary N) is 1. The van der Waals surface area contributed by atoms with E-state index in [0.717, 1.165) is 0 Å². The van der Waals surface area contributed by atoms with Gasteiger partial charge in [-0.1, -0.05) is 23.2 Å². The van der Waals surface area contributed by atoms with Crippen molar-refractivity contribution in [3.8, 4) is 0 Å². The summed E-state index contributed by atoms with van der Waals surface area (Å²) < 4.78 is 0.699. The van der Waals surface area contributed by atoms with Crippen molar-refractivity contribution >= 4 is 62.1 Å². The van der Waals surface area contributed by atoms with Crippen LogP contribution in [0.5, 0.6) is 0 Å². The molecule has 4 nitrogen and oxygen atoms in total. The van der Waals surface area contributed by atoms with Crippen LogP contribution in [-0.2, 0) is 0 Å². The molecule has 0 saturated carbocycles. The topological polar surface area (TPSA) is 81.1 Å². The molecule has 0 aliphatic rings. The zero-order valence-corrected chi connectivity index (χ0v) is 13.2. The zero-order chi connectivity index (χ0) is 14.9. The van der Waals surface area contributed by atoms with E-state index in [0.29, 0.717) is 31.6 Å². The maximum Gasteiger partial charge on any atom is 0.250 e. The molecule has 104 valence electrons. The lowest BCUT2D eigenvalue weighted by atomic mass is 10.1. The highest BCUT2D eigenvalue weighted by Gasteiger charge is 2.11. The maximum atomic E-state index is 11.3. The molecule has 0 unspecified atom stereocenters. The van der Waals surface area contributed by atoms with Crippen molar-refractivity contribution in [3.05, 3.63) is 50.4 Å². The molecule has 0 aromatic heterocycles. The van der Waals surface area contributed by atoms with Gasteiger partial charge in [0.15, 0.2) is 0 Å². The highest BCUT2D eigenvalue weighted by molar-refractivity contribution is 9.10. The lowest BCUT2D eigenvalue weighted by Gasteiger charge is -2.12. The quantitative estimate of drug-likeness (QED) is 0.556. The molecule has 0 spiro atoms. The molecule has 0 aliphatic heterocycles. The fraction of sp³-hybridized carbons (Fsp3) is 0. The van der Waals surface area contributed by atoms with E-state index >= 15 is 0 Å². The average Bonchev–Trinajstić information content (AvgIpc) is 2.41. The van der Waals surface area contributed by atoms with Crippen molar-refractivity contribution in [1.82, 2.24) is 0 Å². The van der Waals surface area contributed by atoms with Crippen LogP contribution in [0.1, 0.15) is 10.4 Å². The van der Waals surface area contributed by atoms with E-state index in [1.807, 2.05) is 0 Å². The van der Waals surface area contributed by atoms with E-state index in [1.54, 1.807) is 30.3 Å². The SMILES string of the molecule is NC(=O)c1cc(Nc2ccc(Br)c(Cl)c2Cl)ccc1N. The molecule has 7 heteroatoms. The second kappa shape index (κ2) is 5.91. The van der Waals surface area contributed by atoms with E-state index in [4.69, 9.17) is 34.7 Å². The van der Waals surface area contributed by atoms with Crippen LogP contribution in [0.4, 0.5) is 17.1 Å². The number of carbonyl (C=O) groups is 1. The van der Waals surface area contributed by atoms with Crippen LogP contribution < -0.4 is 16.8 Å². The van der Waals surface area contributed by atoms with E-state index in [-0.39, 0.29) is 5.56 Å². The lowest BCUT2D eigenvalue weighted by Crippen LogP contribution is -2.13. The van der Waals surface area contributed by atoms with Crippen molar-refractivity contribution < 1.29 is 4.79 Å². The predicted octanol–water partition coefficient (Wildman–Crippen LogP) is 4.18. The molecule has 0 aliphatic carbocycles. The molecule has 5 N–H and O–H groups in total. The van der Waals surface area contributed by atoms with Gasteiger partial charge in [-0.15, -0.1) is 0 Å². The van der Waals surface area contributed by atoms with E-state index in [1.165, 1.54) is 0 Å². The number of amides is 1. The Morgan fingerprint density at radius 2 is 1.85 bits per heavy atom. The summed E-state index contributed by atoms with van der Waals surface area (Å²) in [7, 11) is 0. The van der Waals surface area contributed by atoms with Gasteiger partial charge in [-0.05, 0) is 46.3 Å². The van der Waals surface area contributed by atoms with Gasteiger partial charge >= 0.3 is 0 Å². The minimum Gasteiger partial charge on any atom is -0.398 e. The summed E-state index contributed by atoms with van der Waals surface area (Å²) in [6.07, 6.45) is 0. The van der Waals surface area contributed by atoms with Crippen molar-refractivity contribution in [1.29, 1.82) is 0 Å². The second-order valence-corrected chi connectivity index (χ2v) is 5.62. The van der Waals surface area contributed by atoms with Gasteiger partial charge in [0, 0.05) is 15.8 Å². The molecule has 0 heterocycles. The molecule has 1 amide bonds. The van der Waals surface area contributed by atoms with Crippen LogP contribution in [0.25, 0.3) is 0 Å². The van der Waals surface area contributed by atoms with Gasteiger partial charge in [-0.25, -0.2) is 0 Å². The molecule has 2 rings (SSSR count). The molecule has 0 fully saturated rings. The summed E-state index contributed by atoms with van der Waals surface area (Å²) in [5.74, 6) is -0.592. The smallest absolute Gasteiger partial charge is 0.250 e. The van der Waals surface area contributed by atoms with E-state index < -0.39 is 5.91 Å². The second-order valence-electron chi connectivity index (χ2n) is 4.01. The predicted molar refractivity (Wildman–Crippen MR) is 86.8 cm³/mol. The fourth-order valence-corrected chi connectivity index (χ4v) is 2.45. The van der Waals surface area contributed by atoms with Gasteiger partial charge in [0.2, 0.25) is 0 Å². The van der Waals surface area contributed by atoms with Gasteiger partial charge in [0.25, 0.3) is 5.91 Å². The van der Waals surface area contributed by atoms with E-state index in [9.17, 15) is 4.79 Å². The largest absolute Gasteiger partial charge is 0.398 e. The van der Waals surface area contributed by atoms with Gasteiger partial charge < -0.3 is 16.8 Å². The first-order valence-electron chi connectivity index (χ1n) is 5.50. The summed E-state index contributed by atoms with van der Waals surface area (Å²) in [6.45, 7) is 0. The lowest BCUT2D eigenvalue weighted by molar-refractivity contribution is 0.100. The number of hydrogen-bond donors (Lipinski definition) is 3. The standard InChI is InChI=1S/C13H10BrCl2N3O/c14-8-2-4-10(12(16)11(8)15)19-6-1-3-9(17)7(5-6)13(18)20/h1-5,19H,17H2,(H2,18,20). The Labute approximate surface area is 134 Å². The van der Waals surface area contributed by atoms with Crippen LogP contribution in [-0.4, -0.2) is 5.91 Å².